The Morgan fingerprint density at radius 1 is 1.17 bits per heavy atom. The van der Waals surface area contributed by atoms with Gasteiger partial charge in [-0.2, -0.15) is 4.98 Å². The average molecular weight is 310 g/mol. The van der Waals surface area contributed by atoms with Crippen LogP contribution in [0.4, 0.5) is 0 Å². The molecule has 3 heterocycles. The number of nitrogens with zero attached hydrogens (tertiary/aromatic N) is 4. The highest BCUT2D eigenvalue weighted by molar-refractivity contribution is 6.02. The highest BCUT2D eigenvalue weighted by atomic mass is 16.1. The monoisotopic (exact) mass is 310 g/mol. The molecule has 4 rings (SSSR count). The van der Waals surface area contributed by atoms with E-state index in [4.69, 9.17) is 0 Å². The zero-order valence-electron chi connectivity index (χ0n) is 13.7. The van der Waals surface area contributed by atoms with E-state index in [1.54, 1.807) is 12.5 Å². The van der Waals surface area contributed by atoms with Gasteiger partial charge in [0.25, 0.3) is 5.56 Å². The van der Waals surface area contributed by atoms with Crippen LogP contribution in [-0.2, 0) is 7.05 Å². The Balaban J connectivity index is 1.91. The first-order valence-corrected chi connectivity index (χ1v) is 8.50. The van der Waals surface area contributed by atoms with Crippen LogP contribution in [0.2, 0.25) is 0 Å². The van der Waals surface area contributed by atoms with Gasteiger partial charge < -0.3 is 9.13 Å². The standard InChI is InChI=1S/C18H22N4O/c1-3-12-4-6-13(7-5-12)22-11-20-18(23)15-10-19-17-14(16(15)22)8-9-21(17)2/h8-13H,3-7H2,1-2H3/t12-,13-. The Labute approximate surface area is 135 Å². The van der Waals surface area contributed by atoms with Crippen LogP contribution in [0.5, 0.6) is 0 Å². The van der Waals surface area contributed by atoms with Crippen LogP contribution in [0.1, 0.15) is 45.1 Å². The van der Waals surface area contributed by atoms with Crippen LogP contribution in [0.25, 0.3) is 21.9 Å². The summed E-state index contributed by atoms with van der Waals surface area (Å²) in [4.78, 5) is 20.7. The molecule has 120 valence electrons. The SMILES string of the molecule is CC[C@H]1CC[C@H](n2cnc(=O)c3cnc4c(ccn4C)c32)CC1. The fraction of sp³-hybridized carbons (Fsp3) is 0.500. The minimum atomic E-state index is -0.184. The number of rotatable bonds is 2. The summed E-state index contributed by atoms with van der Waals surface area (Å²) in [5.41, 5.74) is 1.73. The molecular formula is C18H22N4O. The topological polar surface area (TPSA) is 52.7 Å². The molecule has 0 spiro atoms. The van der Waals surface area contributed by atoms with E-state index in [1.807, 2.05) is 17.8 Å². The van der Waals surface area contributed by atoms with Gasteiger partial charge in [-0.15, -0.1) is 0 Å². The Bertz CT molecular complexity index is 916. The second kappa shape index (κ2) is 5.48. The van der Waals surface area contributed by atoms with Gasteiger partial charge >= 0.3 is 0 Å². The number of hydrogen-bond acceptors (Lipinski definition) is 3. The van der Waals surface area contributed by atoms with Crippen molar-refractivity contribution in [1.82, 2.24) is 19.1 Å². The Hall–Kier alpha value is -2.17. The minimum Gasteiger partial charge on any atom is -0.336 e. The molecule has 0 bridgehead atoms. The van der Waals surface area contributed by atoms with Crippen LogP contribution >= 0.6 is 0 Å². The van der Waals surface area contributed by atoms with Crippen molar-refractivity contribution in [2.75, 3.05) is 0 Å². The third-order valence-corrected chi connectivity index (χ3v) is 5.44. The molecule has 23 heavy (non-hydrogen) atoms. The van der Waals surface area contributed by atoms with E-state index in [0.717, 1.165) is 35.3 Å². The molecule has 5 heteroatoms. The van der Waals surface area contributed by atoms with Gasteiger partial charge in [0.05, 0.1) is 17.2 Å². The third-order valence-electron chi connectivity index (χ3n) is 5.44. The summed E-state index contributed by atoms with van der Waals surface area (Å²) in [6.07, 6.45) is 11.5. The van der Waals surface area contributed by atoms with E-state index >= 15 is 0 Å². The molecule has 0 saturated heterocycles. The van der Waals surface area contributed by atoms with E-state index in [-0.39, 0.29) is 5.56 Å². The number of fused-ring (bicyclic) bond motifs is 3. The molecule has 1 saturated carbocycles. The highest BCUT2D eigenvalue weighted by Gasteiger charge is 2.23. The molecular weight excluding hydrogens is 288 g/mol. The Kier molecular flexibility index (Phi) is 3.43. The lowest BCUT2D eigenvalue weighted by atomic mass is 9.84. The summed E-state index contributed by atoms with van der Waals surface area (Å²) < 4.78 is 4.23. The van der Waals surface area contributed by atoms with Crippen molar-refractivity contribution in [2.24, 2.45) is 13.0 Å². The summed E-state index contributed by atoms with van der Waals surface area (Å²) in [5, 5.41) is 1.67. The van der Waals surface area contributed by atoms with Crippen molar-refractivity contribution in [1.29, 1.82) is 0 Å². The summed E-state index contributed by atoms with van der Waals surface area (Å²) >= 11 is 0. The maximum Gasteiger partial charge on any atom is 0.282 e. The predicted molar refractivity (Wildman–Crippen MR) is 91.6 cm³/mol. The summed E-state index contributed by atoms with van der Waals surface area (Å²) in [5.74, 6) is 0.850. The fourth-order valence-electron chi connectivity index (χ4n) is 3.98. The smallest absolute Gasteiger partial charge is 0.282 e. The largest absolute Gasteiger partial charge is 0.336 e. The molecule has 1 fully saturated rings. The van der Waals surface area contributed by atoms with Crippen LogP contribution in [0, 0.1) is 5.92 Å². The average Bonchev–Trinajstić information content (AvgIpc) is 2.97. The van der Waals surface area contributed by atoms with Crippen LogP contribution < -0.4 is 5.56 Å². The minimum absolute atomic E-state index is 0.184. The number of pyridine rings is 1. The van der Waals surface area contributed by atoms with Crippen molar-refractivity contribution in [2.45, 2.75) is 45.1 Å². The van der Waals surface area contributed by atoms with Gasteiger partial charge in [0.15, 0.2) is 0 Å². The first-order chi connectivity index (χ1) is 11.2. The highest BCUT2D eigenvalue weighted by Crippen LogP contribution is 2.35. The molecule has 0 radical (unpaired) electrons. The predicted octanol–water partition coefficient (Wildman–Crippen LogP) is 3.42. The van der Waals surface area contributed by atoms with Gasteiger partial charge in [-0.25, -0.2) is 4.98 Å². The van der Waals surface area contributed by atoms with E-state index in [1.165, 1.54) is 19.3 Å². The summed E-state index contributed by atoms with van der Waals surface area (Å²) in [6, 6.07) is 2.48. The lowest BCUT2D eigenvalue weighted by Gasteiger charge is -2.30. The van der Waals surface area contributed by atoms with E-state index in [9.17, 15) is 4.79 Å². The zero-order valence-corrected chi connectivity index (χ0v) is 13.7. The molecule has 3 aromatic heterocycles. The Morgan fingerprint density at radius 2 is 1.96 bits per heavy atom. The lowest BCUT2D eigenvalue weighted by Crippen LogP contribution is -2.21. The molecule has 0 amide bonds. The quantitative estimate of drug-likeness (QED) is 0.728. The van der Waals surface area contributed by atoms with E-state index in [0.29, 0.717) is 11.4 Å². The molecule has 0 N–H and O–H groups in total. The van der Waals surface area contributed by atoms with Gasteiger partial charge in [0.1, 0.15) is 5.65 Å². The first kappa shape index (κ1) is 14.4. The van der Waals surface area contributed by atoms with Gasteiger partial charge in [-0.05, 0) is 37.7 Å². The molecule has 0 unspecified atom stereocenters. The summed E-state index contributed by atoms with van der Waals surface area (Å²) in [6.45, 7) is 2.28. The Morgan fingerprint density at radius 3 is 2.70 bits per heavy atom. The molecule has 5 nitrogen and oxygen atoms in total. The fourth-order valence-corrected chi connectivity index (χ4v) is 3.98. The van der Waals surface area contributed by atoms with E-state index in [2.05, 4.69) is 27.5 Å². The van der Waals surface area contributed by atoms with Gasteiger partial charge in [-0.1, -0.05) is 13.3 Å². The molecule has 1 aliphatic rings. The molecule has 3 aromatic rings. The van der Waals surface area contributed by atoms with Crippen molar-refractivity contribution in [3.8, 4) is 0 Å². The van der Waals surface area contributed by atoms with Crippen LogP contribution in [0.15, 0.2) is 29.6 Å². The zero-order chi connectivity index (χ0) is 16.0. The second-order valence-electron chi connectivity index (χ2n) is 6.72. The molecule has 0 atom stereocenters. The maximum atomic E-state index is 12.2. The van der Waals surface area contributed by atoms with Crippen molar-refractivity contribution >= 4 is 21.9 Å². The van der Waals surface area contributed by atoms with Crippen molar-refractivity contribution < 1.29 is 0 Å². The van der Waals surface area contributed by atoms with Crippen molar-refractivity contribution in [3.63, 3.8) is 0 Å². The lowest BCUT2D eigenvalue weighted by molar-refractivity contribution is 0.272. The first-order valence-electron chi connectivity index (χ1n) is 8.50. The second-order valence-corrected chi connectivity index (χ2v) is 6.72. The number of aryl methyl sites for hydroxylation is 1. The number of aromatic nitrogens is 4. The number of hydrogen-bond donors (Lipinski definition) is 0. The molecule has 0 aromatic carbocycles. The van der Waals surface area contributed by atoms with Gasteiger partial charge in [-0.3, -0.25) is 4.79 Å². The third kappa shape index (κ3) is 2.26. The van der Waals surface area contributed by atoms with E-state index < -0.39 is 0 Å². The van der Waals surface area contributed by atoms with Crippen molar-refractivity contribution in [3.05, 3.63) is 35.1 Å². The van der Waals surface area contributed by atoms with Gasteiger partial charge in [0, 0.05) is 30.9 Å². The van der Waals surface area contributed by atoms with Crippen LogP contribution in [-0.4, -0.2) is 19.1 Å². The molecule has 1 aliphatic carbocycles. The normalized spacial score (nSPS) is 22.0. The van der Waals surface area contributed by atoms with Gasteiger partial charge in [0.2, 0.25) is 0 Å². The maximum absolute atomic E-state index is 12.2. The van der Waals surface area contributed by atoms with Crippen LogP contribution in [0.3, 0.4) is 0 Å². The summed E-state index contributed by atoms with van der Waals surface area (Å²) in [7, 11) is 1.98. The molecule has 0 aliphatic heterocycles.